The summed E-state index contributed by atoms with van der Waals surface area (Å²) in [6.45, 7) is -0.181. The number of aliphatic carboxylic acids is 1. The van der Waals surface area contributed by atoms with Gasteiger partial charge in [0.15, 0.2) is 5.78 Å². The zero-order chi connectivity index (χ0) is 15.4. The van der Waals surface area contributed by atoms with Crippen molar-refractivity contribution in [2.24, 2.45) is 0 Å². The van der Waals surface area contributed by atoms with Crippen LogP contribution in [0.5, 0.6) is 5.75 Å². The molecule has 2 aromatic carbocycles. The number of phenolic OH excluding ortho intramolecular Hbond substituents is 1. The van der Waals surface area contributed by atoms with E-state index in [0.29, 0.717) is 5.39 Å². The van der Waals surface area contributed by atoms with Crippen molar-refractivity contribution < 1.29 is 19.8 Å². The Hall–Kier alpha value is -2.05. The van der Waals surface area contributed by atoms with Gasteiger partial charge >= 0.3 is 5.97 Å². The van der Waals surface area contributed by atoms with E-state index in [0.717, 1.165) is 5.39 Å². The number of phenols is 1. The number of nitrogens with one attached hydrogen (secondary N) is 1. The van der Waals surface area contributed by atoms with Gasteiger partial charge in [0.2, 0.25) is 0 Å². The van der Waals surface area contributed by atoms with Gasteiger partial charge in [0.1, 0.15) is 11.8 Å². The number of carbonyl (C=O) groups excluding carboxylic acids is 1. The molecule has 21 heavy (non-hydrogen) atoms. The highest BCUT2D eigenvalue weighted by atomic mass is 32.1. The summed E-state index contributed by atoms with van der Waals surface area (Å²) < 4.78 is 0. The van der Waals surface area contributed by atoms with Crippen molar-refractivity contribution in [3.8, 4) is 5.75 Å². The molecule has 0 heterocycles. The minimum absolute atomic E-state index is 0.0735. The van der Waals surface area contributed by atoms with E-state index in [2.05, 4.69) is 17.9 Å². The minimum atomic E-state index is -1.07. The second-order valence-corrected chi connectivity index (χ2v) is 4.92. The molecule has 2 aromatic rings. The van der Waals surface area contributed by atoms with Crippen LogP contribution in [0.15, 0.2) is 36.4 Å². The number of hydrogen-bond acceptors (Lipinski definition) is 5. The molecule has 0 saturated heterocycles. The molecular weight excluding hydrogens is 290 g/mol. The summed E-state index contributed by atoms with van der Waals surface area (Å²) in [5.74, 6) is -1.47. The number of fused-ring (bicyclic) bond motifs is 1. The number of benzene rings is 2. The van der Waals surface area contributed by atoms with E-state index in [9.17, 15) is 14.7 Å². The van der Waals surface area contributed by atoms with Gasteiger partial charge in [-0.2, -0.15) is 12.6 Å². The highest BCUT2D eigenvalue weighted by Gasteiger charge is 2.19. The number of aromatic hydroxyl groups is 1. The molecule has 1 atom stereocenters. The van der Waals surface area contributed by atoms with E-state index in [1.165, 1.54) is 6.07 Å². The van der Waals surface area contributed by atoms with Gasteiger partial charge in [-0.3, -0.25) is 14.9 Å². The van der Waals surface area contributed by atoms with Crippen molar-refractivity contribution in [2.75, 3.05) is 12.3 Å². The van der Waals surface area contributed by atoms with E-state index >= 15 is 0 Å². The molecule has 2 rings (SSSR count). The molecule has 5 nitrogen and oxygen atoms in total. The van der Waals surface area contributed by atoms with E-state index in [1.54, 1.807) is 18.2 Å². The van der Waals surface area contributed by atoms with Crippen molar-refractivity contribution in [1.82, 2.24) is 5.32 Å². The van der Waals surface area contributed by atoms with Crippen LogP contribution < -0.4 is 5.32 Å². The van der Waals surface area contributed by atoms with Gasteiger partial charge in [-0.15, -0.1) is 0 Å². The van der Waals surface area contributed by atoms with Crippen molar-refractivity contribution in [3.63, 3.8) is 0 Å². The molecule has 0 spiro atoms. The third-order valence-corrected chi connectivity index (χ3v) is 3.54. The van der Waals surface area contributed by atoms with Crippen LogP contribution in [0.25, 0.3) is 10.8 Å². The first-order valence-corrected chi connectivity index (χ1v) is 6.98. The van der Waals surface area contributed by atoms with Gasteiger partial charge in [0, 0.05) is 5.75 Å². The molecule has 0 aliphatic heterocycles. The minimum Gasteiger partial charge on any atom is -0.507 e. The monoisotopic (exact) mass is 305 g/mol. The first-order valence-electron chi connectivity index (χ1n) is 6.35. The molecule has 110 valence electrons. The SMILES string of the molecule is O=C(CN[C@H](CS)C(=O)O)c1c(O)ccc2ccccc12. The number of rotatable bonds is 6. The molecule has 0 aromatic heterocycles. The number of ketones is 1. The van der Waals surface area contributed by atoms with Crippen LogP contribution in [-0.2, 0) is 4.79 Å². The number of carboxylic acids is 1. The highest BCUT2D eigenvalue weighted by molar-refractivity contribution is 7.80. The van der Waals surface area contributed by atoms with Crippen LogP contribution >= 0.6 is 12.6 Å². The lowest BCUT2D eigenvalue weighted by atomic mass is 10.00. The second-order valence-electron chi connectivity index (χ2n) is 4.56. The van der Waals surface area contributed by atoms with E-state index in [4.69, 9.17) is 5.11 Å². The third kappa shape index (κ3) is 3.34. The standard InChI is InChI=1S/C15H15NO4S/c17-12-6-5-9-3-1-2-4-10(9)14(12)13(18)7-16-11(8-21)15(19)20/h1-6,11,16-17,21H,7-8H2,(H,19,20)/t11-/m1/s1. The van der Waals surface area contributed by atoms with Gasteiger partial charge in [-0.1, -0.05) is 30.3 Å². The molecule has 0 aliphatic carbocycles. The number of carbonyl (C=O) groups is 2. The summed E-state index contributed by atoms with van der Waals surface area (Å²) in [4.78, 5) is 23.2. The Balaban J connectivity index is 2.27. The van der Waals surface area contributed by atoms with Crippen LogP contribution in [-0.4, -0.2) is 40.3 Å². The number of thiol groups is 1. The normalized spacial score (nSPS) is 12.2. The maximum absolute atomic E-state index is 12.3. The quantitative estimate of drug-likeness (QED) is 0.482. The van der Waals surface area contributed by atoms with Crippen LogP contribution in [0, 0.1) is 0 Å². The fourth-order valence-corrected chi connectivity index (χ4v) is 2.37. The Kier molecular flexibility index (Phi) is 4.82. The Morgan fingerprint density at radius 1 is 1.19 bits per heavy atom. The first kappa shape index (κ1) is 15.3. The summed E-state index contributed by atoms with van der Waals surface area (Å²) in [7, 11) is 0. The molecule has 0 bridgehead atoms. The third-order valence-electron chi connectivity index (χ3n) is 3.18. The maximum atomic E-state index is 12.3. The second kappa shape index (κ2) is 6.60. The fraction of sp³-hybridized carbons (Fsp3) is 0.200. The van der Waals surface area contributed by atoms with Crippen LogP contribution in [0.3, 0.4) is 0 Å². The van der Waals surface area contributed by atoms with Crippen molar-refractivity contribution in [1.29, 1.82) is 0 Å². The number of hydrogen-bond donors (Lipinski definition) is 4. The largest absolute Gasteiger partial charge is 0.507 e. The molecule has 3 N–H and O–H groups in total. The van der Waals surface area contributed by atoms with Crippen LogP contribution in [0.1, 0.15) is 10.4 Å². The van der Waals surface area contributed by atoms with Crippen molar-refractivity contribution in [3.05, 3.63) is 42.0 Å². The fourth-order valence-electron chi connectivity index (χ4n) is 2.09. The molecule has 6 heteroatoms. The molecule has 0 unspecified atom stereocenters. The number of carboxylic acid groups (broad SMARTS) is 1. The van der Waals surface area contributed by atoms with E-state index in [1.807, 2.05) is 12.1 Å². The van der Waals surface area contributed by atoms with Gasteiger partial charge in [-0.05, 0) is 16.8 Å². The molecule has 0 saturated carbocycles. The van der Waals surface area contributed by atoms with E-state index in [-0.39, 0.29) is 29.4 Å². The summed E-state index contributed by atoms with van der Waals surface area (Å²) in [5, 5.41) is 22.9. The summed E-state index contributed by atoms with van der Waals surface area (Å²) >= 11 is 3.92. The van der Waals surface area contributed by atoms with Crippen LogP contribution in [0.4, 0.5) is 0 Å². The zero-order valence-corrected chi connectivity index (χ0v) is 12.0. The Morgan fingerprint density at radius 3 is 2.57 bits per heavy atom. The lowest BCUT2D eigenvalue weighted by Gasteiger charge is -2.12. The summed E-state index contributed by atoms with van der Waals surface area (Å²) in [6, 6.07) is 9.48. The average molecular weight is 305 g/mol. The summed E-state index contributed by atoms with van der Waals surface area (Å²) in [5.41, 5.74) is 0.198. The summed E-state index contributed by atoms with van der Waals surface area (Å²) in [6.07, 6.45) is 0. The van der Waals surface area contributed by atoms with Crippen molar-refractivity contribution in [2.45, 2.75) is 6.04 Å². The van der Waals surface area contributed by atoms with Crippen LogP contribution in [0.2, 0.25) is 0 Å². The Bertz CT molecular complexity index is 686. The average Bonchev–Trinajstić information content (AvgIpc) is 2.47. The number of Topliss-reactive ketones (excluding diaryl/α,β-unsaturated/α-hetero) is 1. The highest BCUT2D eigenvalue weighted by Crippen LogP contribution is 2.27. The molecule has 0 aliphatic rings. The van der Waals surface area contributed by atoms with Gasteiger partial charge in [0.25, 0.3) is 0 Å². The molecular formula is C15H15NO4S. The smallest absolute Gasteiger partial charge is 0.321 e. The topological polar surface area (TPSA) is 86.6 Å². The molecule has 0 radical (unpaired) electrons. The van der Waals surface area contributed by atoms with E-state index < -0.39 is 12.0 Å². The Morgan fingerprint density at radius 2 is 1.90 bits per heavy atom. The van der Waals surface area contributed by atoms with Gasteiger partial charge < -0.3 is 10.2 Å². The van der Waals surface area contributed by atoms with Gasteiger partial charge in [0.05, 0.1) is 12.1 Å². The maximum Gasteiger partial charge on any atom is 0.321 e. The Labute approximate surface area is 127 Å². The predicted octanol–water partition coefficient (Wildman–Crippen LogP) is 1.70. The predicted molar refractivity (Wildman–Crippen MR) is 83.2 cm³/mol. The van der Waals surface area contributed by atoms with Gasteiger partial charge in [-0.25, -0.2) is 0 Å². The lowest BCUT2D eigenvalue weighted by Crippen LogP contribution is -2.41. The lowest BCUT2D eigenvalue weighted by molar-refractivity contribution is -0.138. The molecule has 0 fully saturated rings. The zero-order valence-electron chi connectivity index (χ0n) is 11.1. The molecule has 0 amide bonds. The first-order chi connectivity index (χ1) is 10.0. The van der Waals surface area contributed by atoms with Crippen molar-refractivity contribution >= 4 is 35.2 Å².